The molecule has 21 heavy (non-hydrogen) atoms. The number of fused-ring (bicyclic) bond motifs is 1. The molecule has 0 bridgehead atoms. The molecule has 0 aliphatic carbocycles. The molecule has 1 heterocycles. The Kier molecular flexibility index (Phi) is 4.38. The number of benzene rings is 2. The van der Waals surface area contributed by atoms with Gasteiger partial charge in [0.25, 0.3) is 0 Å². The summed E-state index contributed by atoms with van der Waals surface area (Å²) in [7, 11) is 0. The minimum atomic E-state index is -0.379. The largest absolute Gasteiger partial charge is 0.292 e. The zero-order chi connectivity index (χ0) is 15.0. The number of aromatic nitrogens is 2. The van der Waals surface area contributed by atoms with Gasteiger partial charge in [0.1, 0.15) is 17.3 Å². The van der Waals surface area contributed by atoms with Crippen LogP contribution in [-0.2, 0) is 6.42 Å². The number of para-hydroxylation sites is 1. The van der Waals surface area contributed by atoms with Gasteiger partial charge in [0.05, 0.1) is 16.1 Å². The van der Waals surface area contributed by atoms with Gasteiger partial charge >= 0.3 is 0 Å². The summed E-state index contributed by atoms with van der Waals surface area (Å²) in [4.78, 5) is 4.57. The molecular formula is C15H10Cl2FIN2. The van der Waals surface area contributed by atoms with E-state index in [0.717, 1.165) is 14.6 Å². The van der Waals surface area contributed by atoms with Crippen LogP contribution in [0.25, 0.3) is 16.7 Å². The first-order chi connectivity index (χ1) is 10.1. The van der Waals surface area contributed by atoms with Gasteiger partial charge in [-0.25, -0.2) is 9.37 Å². The smallest absolute Gasteiger partial charge is 0.148 e. The first-order valence-electron chi connectivity index (χ1n) is 6.29. The molecule has 3 rings (SSSR count). The fourth-order valence-electron chi connectivity index (χ4n) is 2.31. The van der Waals surface area contributed by atoms with Crippen molar-refractivity contribution < 1.29 is 4.39 Å². The van der Waals surface area contributed by atoms with Gasteiger partial charge in [0.15, 0.2) is 0 Å². The lowest BCUT2D eigenvalue weighted by atomic mass is 10.2. The molecule has 0 aliphatic rings. The number of nitrogens with zero attached hydrogens (tertiary/aromatic N) is 2. The van der Waals surface area contributed by atoms with E-state index in [9.17, 15) is 4.39 Å². The molecule has 0 spiro atoms. The molecule has 0 radical (unpaired) electrons. The van der Waals surface area contributed by atoms with E-state index >= 15 is 0 Å². The van der Waals surface area contributed by atoms with Crippen molar-refractivity contribution in [2.75, 3.05) is 5.88 Å². The number of rotatable bonds is 3. The average Bonchev–Trinajstić information content (AvgIpc) is 2.77. The third-order valence-corrected chi connectivity index (χ3v) is 4.33. The summed E-state index contributed by atoms with van der Waals surface area (Å²) in [5.74, 6) is 0.733. The van der Waals surface area contributed by atoms with Crippen LogP contribution >= 0.6 is 45.8 Å². The van der Waals surface area contributed by atoms with Crippen molar-refractivity contribution in [3.63, 3.8) is 0 Å². The Balaban J connectivity index is 2.36. The van der Waals surface area contributed by atoms with E-state index in [0.29, 0.717) is 28.8 Å². The molecule has 2 aromatic carbocycles. The number of aryl methyl sites for hydroxylation is 1. The predicted molar refractivity (Wildman–Crippen MR) is 93.2 cm³/mol. The highest BCUT2D eigenvalue weighted by atomic mass is 127. The van der Waals surface area contributed by atoms with Gasteiger partial charge in [-0.2, -0.15) is 0 Å². The maximum atomic E-state index is 14.3. The predicted octanol–water partition coefficient (Wildman–Crippen LogP) is 5.20. The first-order valence-corrected chi connectivity index (χ1v) is 8.28. The Labute approximate surface area is 145 Å². The number of hydrogen-bond donors (Lipinski definition) is 0. The monoisotopic (exact) mass is 434 g/mol. The molecule has 0 amide bonds. The van der Waals surface area contributed by atoms with Crippen molar-refractivity contribution in [1.82, 2.24) is 9.55 Å². The molecule has 3 aromatic rings. The number of hydrogen-bond acceptors (Lipinski definition) is 1. The number of halogens is 4. The van der Waals surface area contributed by atoms with Gasteiger partial charge < -0.3 is 0 Å². The molecule has 0 saturated carbocycles. The molecule has 108 valence electrons. The fourth-order valence-corrected chi connectivity index (χ4v) is 3.20. The third kappa shape index (κ3) is 2.76. The van der Waals surface area contributed by atoms with Gasteiger partial charge in [-0.15, -0.1) is 11.6 Å². The van der Waals surface area contributed by atoms with Crippen LogP contribution in [0.3, 0.4) is 0 Å². The third-order valence-electron chi connectivity index (χ3n) is 3.17. The molecule has 1 aromatic heterocycles. The summed E-state index contributed by atoms with van der Waals surface area (Å²) in [6, 6.07) is 10.5. The summed E-state index contributed by atoms with van der Waals surface area (Å²) in [5, 5.41) is 0.351. The maximum absolute atomic E-state index is 14.3. The van der Waals surface area contributed by atoms with E-state index in [-0.39, 0.29) is 5.82 Å². The molecule has 6 heteroatoms. The lowest BCUT2D eigenvalue weighted by Gasteiger charge is -2.11. The highest BCUT2D eigenvalue weighted by Crippen LogP contribution is 2.30. The van der Waals surface area contributed by atoms with Gasteiger partial charge in [0, 0.05) is 15.9 Å². The first kappa shape index (κ1) is 15.1. The van der Waals surface area contributed by atoms with Crippen LogP contribution < -0.4 is 0 Å². The van der Waals surface area contributed by atoms with Crippen molar-refractivity contribution in [2.45, 2.75) is 6.42 Å². The highest BCUT2D eigenvalue weighted by Gasteiger charge is 2.17. The van der Waals surface area contributed by atoms with Gasteiger partial charge in [-0.3, -0.25) is 4.57 Å². The molecule has 0 unspecified atom stereocenters. The SMILES string of the molecule is Fc1cccc(Cl)c1-n1c(CCCl)nc2cc(I)ccc21. The molecular weight excluding hydrogens is 425 g/mol. The Hall–Kier alpha value is -0.850. The summed E-state index contributed by atoms with van der Waals surface area (Å²) in [6.45, 7) is 0. The summed E-state index contributed by atoms with van der Waals surface area (Å²) in [5.41, 5.74) is 1.95. The Bertz CT molecular complexity index is 797. The average molecular weight is 435 g/mol. The van der Waals surface area contributed by atoms with E-state index in [2.05, 4.69) is 27.6 Å². The number of alkyl halides is 1. The summed E-state index contributed by atoms with van der Waals surface area (Å²) >= 11 is 14.3. The Morgan fingerprint density at radius 1 is 1.24 bits per heavy atom. The van der Waals surface area contributed by atoms with Crippen molar-refractivity contribution in [2.24, 2.45) is 0 Å². The van der Waals surface area contributed by atoms with Crippen LogP contribution in [0.4, 0.5) is 4.39 Å². The van der Waals surface area contributed by atoms with Crippen LogP contribution in [-0.4, -0.2) is 15.4 Å². The lowest BCUT2D eigenvalue weighted by molar-refractivity contribution is 0.617. The van der Waals surface area contributed by atoms with Crippen molar-refractivity contribution in [3.8, 4) is 5.69 Å². The zero-order valence-electron chi connectivity index (χ0n) is 10.8. The minimum Gasteiger partial charge on any atom is -0.292 e. The maximum Gasteiger partial charge on any atom is 0.148 e. The van der Waals surface area contributed by atoms with Crippen LogP contribution in [0.5, 0.6) is 0 Å². The summed E-state index contributed by atoms with van der Waals surface area (Å²) < 4.78 is 17.1. The molecule has 0 saturated heterocycles. The Morgan fingerprint density at radius 2 is 2.05 bits per heavy atom. The topological polar surface area (TPSA) is 17.8 Å². The summed E-state index contributed by atoms with van der Waals surface area (Å²) in [6.07, 6.45) is 0.539. The normalized spacial score (nSPS) is 11.2. The quantitative estimate of drug-likeness (QED) is 0.409. The highest BCUT2D eigenvalue weighted by molar-refractivity contribution is 14.1. The standard InChI is InChI=1S/C15H10Cl2FIN2/c16-7-6-14-20-12-8-9(19)4-5-13(12)21(14)15-10(17)2-1-3-11(15)18/h1-5,8H,6-7H2. The van der Waals surface area contributed by atoms with E-state index in [1.165, 1.54) is 6.07 Å². The van der Waals surface area contributed by atoms with Crippen LogP contribution in [0.2, 0.25) is 5.02 Å². The zero-order valence-corrected chi connectivity index (χ0v) is 14.5. The second kappa shape index (κ2) is 6.10. The fraction of sp³-hybridized carbons (Fsp3) is 0.133. The Morgan fingerprint density at radius 3 is 2.76 bits per heavy atom. The second-order valence-electron chi connectivity index (χ2n) is 4.51. The van der Waals surface area contributed by atoms with Gasteiger partial charge in [-0.1, -0.05) is 17.7 Å². The molecule has 0 N–H and O–H groups in total. The van der Waals surface area contributed by atoms with Gasteiger partial charge in [0.2, 0.25) is 0 Å². The molecule has 2 nitrogen and oxygen atoms in total. The van der Waals surface area contributed by atoms with Crippen LogP contribution in [0, 0.1) is 9.39 Å². The van der Waals surface area contributed by atoms with Crippen LogP contribution in [0.15, 0.2) is 36.4 Å². The van der Waals surface area contributed by atoms with Crippen molar-refractivity contribution in [3.05, 3.63) is 56.6 Å². The van der Waals surface area contributed by atoms with E-state index in [1.807, 2.05) is 18.2 Å². The lowest BCUT2D eigenvalue weighted by Crippen LogP contribution is -2.05. The molecule has 0 atom stereocenters. The minimum absolute atomic E-state index is 0.322. The number of imidazole rings is 1. The second-order valence-corrected chi connectivity index (χ2v) is 6.54. The van der Waals surface area contributed by atoms with Crippen molar-refractivity contribution in [1.29, 1.82) is 0 Å². The molecule has 0 fully saturated rings. The van der Waals surface area contributed by atoms with E-state index in [1.54, 1.807) is 16.7 Å². The van der Waals surface area contributed by atoms with Crippen LogP contribution in [0.1, 0.15) is 5.82 Å². The van der Waals surface area contributed by atoms with E-state index in [4.69, 9.17) is 23.2 Å². The molecule has 0 aliphatic heterocycles. The van der Waals surface area contributed by atoms with Crippen molar-refractivity contribution >= 4 is 56.8 Å². The van der Waals surface area contributed by atoms with Gasteiger partial charge in [-0.05, 0) is 52.9 Å². The van der Waals surface area contributed by atoms with E-state index < -0.39 is 0 Å².